The van der Waals surface area contributed by atoms with E-state index < -0.39 is 10.0 Å². The Morgan fingerprint density at radius 1 is 0.714 bits per heavy atom. The Hall–Kier alpha value is -3.08. The molecule has 4 aromatic rings. The fourth-order valence-corrected chi connectivity index (χ4v) is 5.42. The normalized spacial score (nSPS) is 13.4. The van der Waals surface area contributed by atoms with Crippen LogP contribution in [0.4, 0.5) is 5.69 Å². The number of imidazole rings is 2. The van der Waals surface area contributed by atoms with E-state index in [-0.39, 0.29) is 27.7 Å². The van der Waals surface area contributed by atoms with E-state index in [2.05, 4.69) is 112 Å². The minimum absolute atomic E-state index is 0.00206. The zero-order valence-electron chi connectivity index (χ0n) is 28.2. The maximum absolute atomic E-state index is 12.1. The van der Waals surface area contributed by atoms with Crippen LogP contribution in [0.15, 0.2) is 12.3 Å². The van der Waals surface area contributed by atoms with Crippen molar-refractivity contribution in [2.75, 3.05) is 10.5 Å². The molecule has 11 heteroatoms. The first-order chi connectivity index (χ1) is 18.9. The van der Waals surface area contributed by atoms with Gasteiger partial charge in [-0.3, -0.25) is 4.72 Å². The second-order valence-corrected chi connectivity index (χ2v) is 17.0. The average molecular weight is 599 g/mol. The molecule has 0 bridgehead atoms. The highest BCUT2D eigenvalue weighted by atomic mass is 32.2. The summed E-state index contributed by atoms with van der Waals surface area (Å²) in [6.45, 7) is 30.9. The maximum Gasteiger partial charge on any atom is 0.232 e. The molecule has 1 N–H and O–H groups in total. The Kier molecular flexibility index (Phi) is 8.66. The molecule has 232 valence electrons. The van der Waals surface area contributed by atoms with E-state index in [0.29, 0.717) is 16.9 Å². The number of nitrogens with one attached hydrogen (secondary N) is 1. The summed E-state index contributed by atoms with van der Waals surface area (Å²) in [5.74, 6) is 1.79. The summed E-state index contributed by atoms with van der Waals surface area (Å²) in [6.07, 6.45) is 1.84. The summed E-state index contributed by atoms with van der Waals surface area (Å²) in [6, 6.07) is 1.80. The number of sulfonamides is 1. The van der Waals surface area contributed by atoms with Gasteiger partial charge in [-0.1, -0.05) is 41.5 Å². The van der Waals surface area contributed by atoms with Gasteiger partial charge in [0.25, 0.3) is 0 Å². The molecular weight excluding hydrogens is 548 g/mol. The van der Waals surface area contributed by atoms with Crippen molar-refractivity contribution in [2.45, 2.75) is 126 Å². The molecule has 42 heavy (non-hydrogen) atoms. The van der Waals surface area contributed by atoms with Crippen LogP contribution in [-0.4, -0.2) is 48.2 Å². The number of pyridine rings is 1. The Labute approximate surface area is 251 Å². The first-order valence-electron chi connectivity index (χ1n) is 14.5. The van der Waals surface area contributed by atoms with Gasteiger partial charge in [0.1, 0.15) is 17.2 Å². The van der Waals surface area contributed by atoms with Crippen molar-refractivity contribution >= 4 is 38.2 Å². The Morgan fingerprint density at radius 3 is 1.67 bits per heavy atom. The SMILES string of the molecule is CCS(=O)(=O)Nc1cc(C(C)(C)C)nc2c1nc(C)n2C(C)(C)C.Cc1nc2ncc(C(C)(C)C)nc2n1C(C)(C)C. The van der Waals surface area contributed by atoms with Crippen molar-refractivity contribution in [1.29, 1.82) is 0 Å². The molecule has 0 unspecified atom stereocenters. The van der Waals surface area contributed by atoms with Gasteiger partial charge in [-0.25, -0.2) is 33.3 Å². The van der Waals surface area contributed by atoms with E-state index in [4.69, 9.17) is 9.97 Å². The van der Waals surface area contributed by atoms with Gasteiger partial charge in [0.15, 0.2) is 16.9 Å². The van der Waals surface area contributed by atoms with Crippen molar-refractivity contribution in [2.24, 2.45) is 0 Å². The highest BCUT2D eigenvalue weighted by molar-refractivity contribution is 7.92. The summed E-state index contributed by atoms with van der Waals surface area (Å²) in [4.78, 5) is 23.1. The van der Waals surface area contributed by atoms with E-state index in [1.807, 2.05) is 20.0 Å². The first-order valence-corrected chi connectivity index (χ1v) is 16.2. The van der Waals surface area contributed by atoms with Gasteiger partial charge in [-0.05, 0) is 68.4 Å². The van der Waals surface area contributed by atoms with Crippen LogP contribution in [0.25, 0.3) is 22.5 Å². The van der Waals surface area contributed by atoms with Crippen LogP contribution in [-0.2, 0) is 31.9 Å². The molecule has 0 radical (unpaired) electrons. The van der Waals surface area contributed by atoms with E-state index in [1.165, 1.54) is 0 Å². The van der Waals surface area contributed by atoms with E-state index in [9.17, 15) is 8.42 Å². The fraction of sp³-hybridized carbons (Fsp3) is 0.645. The zero-order chi connectivity index (χ0) is 32.2. The lowest BCUT2D eigenvalue weighted by Gasteiger charge is -2.25. The molecule has 4 aromatic heterocycles. The van der Waals surface area contributed by atoms with Crippen LogP contribution >= 0.6 is 0 Å². The van der Waals surface area contributed by atoms with Gasteiger partial charge < -0.3 is 9.13 Å². The van der Waals surface area contributed by atoms with E-state index in [0.717, 1.165) is 34.3 Å². The smallest absolute Gasteiger partial charge is 0.232 e. The summed E-state index contributed by atoms with van der Waals surface area (Å²) >= 11 is 0. The minimum atomic E-state index is -3.39. The third-order valence-electron chi connectivity index (χ3n) is 6.85. The van der Waals surface area contributed by atoms with Gasteiger partial charge >= 0.3 is 0 Å². The predicted octanol–water partition coefficient (Wildman–Crippen LogP) is 6.74. The van der Waals surface area contributed by atoms with Crippen LogP contribution in [0.3, 0.4) is 0 Å². The standard InChI is InChI=1S/C17H28N4O2S.C14H22N4/c1-9-24(22,23)20-12-10-13(16(3,4)5)19-15-14(12)18-11(2)21(15)17(6,7)8;1-9-16-11-12(18(9)14(5,6)7)17-10(8-15-11)13(2,3)4/h10H,9H2,1-8H3,(H,19,20);8H,1-7H3. The highest BCUT2D eigenvalue weighted by Crippen LogP contribution is 2.33. The Balaban J connectivity index is 0.000000240. The topological polar surface area (TPSA) is 120 Å². The molecule has 10 nitrogen and oxygen atoms in total. The summed E-state index contributed by atoms with van der Waals surface area (Å²) in [5, 5.41) is 0. The molecule has 0 atom stereocenters. The number of fused-ring (bicyclic) bond motifs is 2. The number of aryl methyl sites for hydroxylation is 2. The van der Waals surface area contributed by atoms with Crippen molar-refractivity contribution in [3.05, 3.63) is 35.3 Å². The number of nitrogens with zero attached hydrogens (tertiary/aromatic N) is 7. The number of hydrogen-bond donors (Lipinski definition) is 1. The molecule has 0 aliphatic rings. The molecule has 0 amide bonds. The second-order valence-electron chi connectivity index (χ2n) is 15.0. The molecular formula is C31H50N8O2S. The second kappa shape index (κ2) is 10.9. The van der Waals surface area contributed by atoms with Crippen LogP contribution in [0.5, 0.6) is 0 Å². The van der Waals surface area contributed by atoms with E-state index >= 15 is 0 Å². The third-order valence-corrected chi connectivity index (χ3v) is 8.14. The monoisotopic (exact) mass is 598 g/mol. The third kappa shape index (κ3) is 7.10. The van der Waals surface area contributed by atoms with Gasteiger partial charge in [-0.15, -0.1) is 0 Å². The number of anilines is 1. The van der Waals surface area contributed by atoms with Crippen LogP contribution in [0, 0.1) is 13.8 Å². The lowest BCUT2D eigenvalue weighted by atomic mass is 9.91. The van der Waals surface area contributed by atoms with E-state index in [1.54, 1.807) is 13.0 Å². The summed E-state index contributed by atoms with van der Waals surface area (Å²) in [7, 11) is -3.39. The van der Waals surface area contributed by atoms with Gasteiger partial charge in [0.2, 0.25) is 10.0 Å². The predicted molar refractivity (Wildman–Crippen MR) is 173 cm³/mol. The molecule has 0 aliphatic heterocycles. The van der Waals surface area contributed by atoms with Crippen molar-refractivity contribution in [3.63, 3.8) is 0 Å². The molecule has 0 saturated heterocycles. The van der Waals surface area contributed by atoms with Gasteiger partial charge in [0.05, 0.1) is 29.0 Å². The molecule has 4 heterocycles. The van der Waals surface area contributed by atoms with Gasteiger partial charge in [-0.2, -0.15) is 0 Å². The largest absolute Gasteiger partial charge is 0.307 e. The summed E-state index contributed by atoms with van der Waals surface area (Å²) < 4.78 is 31.1. The average Bonchev–Trinajstić information content (AvgIpc) is 3.32. The van der Waals surface area contributed by atoms with Crippen molar-refractivity contribution < 1.29 is 8.42 Å². The Morgan fingerprint density at radius 2 is 1.19 bits per heavy atom. The minimum Gasteiger partial charge on any atom is -0.307 e. The number of rotatable bonds is 3. The molecule has 0 aromatic carbocycles. The highest BCUT2D eigenvalue weighted by Gasteiger charge is 2.27. The van der Waals surface area contributed by atoms with Crippen LogP contribution in [0.2, 0.25) is 0 Å². The number of hydrogen-bond acceptors (Lipinski definition) is 7. The molecule has 4 rings (SSSR count). The molecule has 0 spiro atoms. The van der Waals surface area contributed by atoms with Gasteiger partial charge in [0, 0.05) is 21.9 Å². The van der Waals surface area contributed by atoms with Crippen LogP contribution in [0.1, 0.15) is 113 Å². The maximum atomic E-state index is 12.1. The zero-order valence-corrected chi connectivity index (χ0v) is 29.0. The van der Waals surface area contributed by atoms with Crippen molar-refractivity contribution in [1.82, 2.24) is 34.1 Å². The lowest BCUT2D eigenvalue weighted by molar-refractivity contribution is 0.396. The quantitative estimate of drug-likeness (QED) is 0.277. The molecule has 0 fully saturated rings. The van der Waals surface area contributed by atoms with Crippen LogP contribution < -0.4 is 4.72 Å². The summed E-state index contributed by atoms with van der Waals surface area (Å²) in [5.41, 5.74) is 4.79. The first kappa shape index (κ1) is 33.4. The fourth-order valence-electron chi connectivity index (χ4n) is 4.78. The lowest BCUT2D eigenvalue weighted by Crippen LogP contribution is -2.24. The van der Waals surface area contributed by atoms with Crippen molar-refractivity contribution in [3.8, 4) is 0 Å². The Bertz CT molecular complexity index is 1700. The molecule has 0 aliphatic carbocycles. The molecule has 0 saturated carbocycles. The number of aromatic nitrogens is 7.